The molecule has 0 fully saturated rings. The third-order valence-electron chi connectivity index (χ3n) is 8.52. The Morgan fingerprint density at radius 2 is 1.07 bits per heavy atom. The van der Waals surface area contributed by atoms with Crippen molar-refractivity contribution in [3.05, 3.63) is 151 Å². The molecule has 0 atom stereocenters. The summed E-state index contributed by atoms with van der Waals surface area (Å²) in [7, 11) is 0. The highest BCUT2D eigenvalue weighted by Crippen LogP contribution is 2.40. The highest BCUT2D eigenvalue weighted by molar-refractivity contribution is 6.01. The van der Waals surface area contributed by atoms with E-state index in [4.69, 9.17) is 19.4 Å². The second kappa shape index (κ2) is 10.3. The molecule has 1 aliphatic rings. The number of furan rings is 1. The summed E-state index contributed by atoms with van der Waals surface area (Å²) in [4.78, 5) is 15.3. The molecule has 0 amide bonds. The van der Waals surface area contributed by atoms with Crippen molar-refractivity contribution in [1.82, 2.24) is 15.0 Å². The summed E-state index contributed by atoms with van der Waals surface area (Å²) in [6, 6.07) is 46.3. The Bertz CT molecular complexity index is 2440. The molecule has 9 rings (SSSR count). The number of hydrogen-bond donors (Lipinski definition) is 1. The summed E-state index contributed by atoms with van der Waals surface area (Å²) < 4.78 is 6.19. The van der Waals surface area contributed by atoms with Crippen LogP contribution in [0.5, 0.6) is 0 Å². The van der Waals surface area contributed by atoms with Crippen LogP contribution in [0.15, 0.2) is 144 Å². The lowest BCUT2D eigenvalue weighted by molar-refractivity contribution is 0.627. The quantitative estimate of drug-likeness (QED) is 0.225. The van der Waals surface area contributed by atoms with Crippen molar-refractivity contribution in [3.8, 4) is 33.9 Å². The van der Waals surface area contributed by atoms with E-state index in [1.165, 1.54) is 21.9 Å². The molecule has 1 N–H and O–H groups in total. The van der Waals surface area contributed by atoms with Crippen LogP contribution in [0.3, 0.4) is 0 Å². The smallest absolute Gasteiger partial charge is 0.202 e. The van der Waals surface area contributed by atoms with E-state index in [0.717, 1.165) is 49.9 Å². The number of rotatable bonds is 4. The molecule has 1 aliphatic heterocycles. The van der Waals surface area contributed by atoms with Crippen LogP contribution >= 0.6 is 0 Å². The first-order valence-electron chi connectivity index (χ1n) is 15.1. The van der Waals surface area contributed by atoms with Gasteiger partial charge in [-0.1, -0.05) is 115 Å². The zero-order valence-corrected chi connectivity index (χ0v) is 24.2. The lowest BCUT2D eigenvalue weighted by Crippen LogP contribution is -2.10. The maximum atomic E-state index is 6.19. The average molecular weight is 579 g/mol. The molecular formula is C40H26N4O. The van der Waals surface area contributed by atoms with Crippen molar-refractivity contribution >= 4 is 44.0 Å². The minimum atomic E-state index is 0.619. The van der Waals surface area contributed by atoms with Crippen LogP contribution in [0.25, 0.3) is 72.0 Å². The van der Waals surface area contributed by atoms with Crippen molar-refractivity contribution < 1.29 is 4.42 Å². The minimum absolute atomic E-state index is 0.619. The standard InChI is InChI=1S/C40H26N4O/c1-2-8-25(9-3-1)28-15-16-30-24-32(19-17-29(30)22-28)38-42-37(31-18-14-26-10-4-5-11-27(26)23-31)43-39(44-38)34-20-21-41-40-36(34)33-12-6-7-13-35(33)45-40/h1-20,22-24,41H,21H2. The Morgan fingerprint density at radius 3 is 1.84 bits per heavy atom. The number of benzene rings is 6. The van der Waals surface area contributed by atoms with Crippen LogP contribution in [0.4, 0.5) is 5.88 Å². The van der Waals surface area contributed by atoms with Crippen molar-refractivity contribution in [3.63, 3.8) is 0 Å². The van der Waals surface area contributed by atoms with Crippen molar-refractivity contribution in [2.75, 3.05) is 11.9 Å². The van der Waals surface area contributed by atoms with Crippen LogP contribution in [0.1, 0.15) is 11.4 Å². The molecule has 0 aliphatic carbocycles. The molecule has 212 valence electrons. The Balaban J connectivity index is 1.22. The number of nitrogens with zero attached hydrogens (tertiary/aromatic N) is 3. The van der Waals surface area contributed by atoms with Gasteiger partial charge in [0.1, 0.15) is 5.58 Å². The number of hydrogen-bond acceptors (Lipinski definition) is 5. The third kappa shape index (κ3) is 4.45. The van der Waals surface area contributed by atoms with E-state index in [9.17, 15) is 0 Å². The van der Waals surface area contributed by atoms with E-state index < -0.39 is 0 Å². The molecule has 0 unspecified atom stereocenters. The molecule has 0 saturated carbocycles. The summed E-state index contributed by atoms with van der Waals surface area (Å²) in [5.74, 6) is 2.62. The van der Waals surface area contributed by atoms with Gasteiger partial charge in [-0.15, -0.1) is 0 Å². The van der Waals surface area contributed by atoms with Gasteiger partial charge in [0.25, 0.3) is 0 Å². The SMILES string of the molecule is C1=C(c2nc(-c3ccc4ccccc4c3)nc(-c3ccc4cc(-c5ccccc5)ccc4c3)n2)c2c(oc3ccccc23)NC1. The summed E-state index contributed by atoms with van der Waals surface area (Å²) in [5.41, 5.74) is 7.02. The Labute approximate surface area is 259 Å². The Hall–Kier alpha value is -6.07. The van der Waals surface area contributed by atoms with Gasteiger partial charge in [-0.2, -0.15) is 0 Å². The van der Waals surface area contributed by atoms with E-state index in [1.54, 1.807) is 0 Å². The van der Waals surface area contributed by atoms with Gasteiger partial charge in [-0.3, -0.25) is 0 Å². The zero-order valence-electron chi connectivity index (χ0n) is 24.2. The fourth-order valence-corrected chi connectivity index (χ4v) is 6.27. The average Bonchev–Trinajstić information content (AvgIpc) is 3.50. The van der Waals surface area contributed by atoms with Gasteiger partial charge in [-0.25, -0.2) is 15.0 Å². The van der Waals surface area contributed by atoms with Crippen molar-refractivity contribution in [2.24, 2.45) is 0 Å². The molecule has 0 saturated heterocycles. The molecule has 8 aromatic rings. The highest BCUT2D eigenvalue weighted by atomic mass is 16.3. The molecule has 0 radical (unpaired) electrons. The summed E-state index contributed by atoms with van der Waals surface area (Å²) in [6.07, 6.45) is 2.14. The molecule has 5 nitrogen and oxygen atoms in total. The van der Waals surface area contributed by atoms with Gasteiger partial charge in [0.2, 0.25) is 5.88 Å². The minimum Gasteiger partial charge on any atom is -0.440 e. The van der Waals surface area contributed by atoms with Crippen molar-refractivity contribution in [2.45, 2.75) is 0 Å². The predicted octanol–water partition coefficient (Wildman–Crippen LogP) is 9.78. The topological polar surface area (TPSA) is 63.8 Å². The van der Waals surface area contributed by atoms with Crippen molar-refractivity contribution in [1.29, 1.82) is 0 Å². The lowest BCUT2D eigenvalue weighted by atomic mass is 9.99. The number of fused-ring (bicyclic) bond motifs is 5. The van der Waals surface area contributed by atoms with E-state index in [-0.39, 0.29) is 0 Å². The van der Waals surface area contributed by atoms with Gasteiger partial charge in [0, 0.05) is 28.6 Å². The molecule has 3 heterocycles. The zero-order chi connectivity index (χ0) is 29.7. The molecular weight excluding hydrogens is 552 g/mol. The van der Waals surface area contributed by atoms with Crippen LogP contribution in [0.2, 0.25) is 0 Å². The molecule has 5 heteroatoms. The first-order chi connectivity index (χ1) is 22.3. The van der Waals surface area contributed by atoms with Crippen LogP contribution in [-0.4, -0.2) is 21.5 Å². The Kier molecular flexibility index (Phi) is 5.81. The van der Waals surface area contributed by atoms with Crippen LogP contribution in [-0.2, 0) is 0 Å². The lowest BCUT2D eigenvalue weighted by Gasteiger charge is -2.16. The van der Waals surface area contributed by atoms with Gasteiger partial charge < -0.3 is 9.73 Å². The molecule has 45 heavy (non-hydrogen) atoms. The Morgan fingerprint density at radius 1 is 0.489 bits per heavy atom. The monoisotopic (exact) mass is 578 g/mol. The summed E-state index contributed by atoms with van der Waals surface area (Å²) in [6.45, 7) is 0.619. The van der Waals surface area contributed by atoms with E-state index in [0.29, 0.717) is 24.0 Å². The third-order valence-corrected chi connectivity index (χ3v) is 8.52. The second-order valence-electron chi connectivity index (χ2n) is 11.3. The first-order valence-corrected chi connectivity index (χ1v) is 15.1. The fraction of sp³-hybridized carbons (Fsp3) is 0.0250. The van der Waals surface area contributed by atoms with Gasteiger partial charge >= 0.3 is 0 Å². The maximum absolute atomic E-state index is 6.19. The van der Waals surface area contributed by atoms with Crippen LogP contribution in [0, 0.1) is 0 Å². The molecule has 6 aromatic carbocycles. The number of anilines is 1. The predicted molar refractivity (Wildman–Crippen MR) is 183 cm³/mol. The first kappa shape index (κ1) is 25.4. The van der Waals surface area contributed by atoms with Gasteiger partial charge in [-0.05, 0) is 56.9 Å². The summed E-state index contributed by atoms with van der Waals surface area (Å²) in [5, 5.41) is 9.03. The number of nitrogens with one attached hydrogen (secondary N) is 1. The molecule has 0 bridgehead atoms. The maximum Gasteiger partial charge on any atom is 0.202 e. The molecule has 2 aromatic heterocycles. The van der Waals surface area contributed by atoms with Gasteiger partial charge in [0.05, 0.1) is 5.56 Å². The number of para-hydroxylation sites is 1. The van der Waals surface area contributed by atoms with E-state index >= 15 is 0 Å². The second-order valence-corrected chi connectivity index (χ2v) is 11.3. The van der Waals surface area contributed by atoms with Crippen LogP contribution < -0.4 is 5.32 Å². The highest BCUT2D eigenvalue weighted by Gasteiger charge is 2.25. The largest absolute Gasteiger partial charge is 0.440 e. The normalized spacial score (nSPS) is 12.7. The fourth-order valence-electron chi connectivity index (χ4n) is 6.27. The number of aromatic nitrogens is 3. The summed E-state index contributed by atoms with van der Waals surface area (Å²) >= 11 is 0. The molecule has 0 spiro atoms. The van der Waals surface area contributed by atoms with E-state index in [2.05, 4.69) is 121 Å². The van der Waals surface area contributed by atoms with E-state index in [1.807, 2.05) is 24.3 Å². The van der Waals surface area contributed by atoms with Gasteiger partial charge in [0.15, 0.2) is 17.5 Å².